The minimum Gasteiger partial charge on any atom is -0.462 e. The van der Waals surface area contributed by atoms with Gasteiger partial charge in [-0.3, -0.25) is 0 Å². The first-order valence-corrected chi connectivity index (χ1v) is 7.00. The highest BCUT2D eigenvalue weighted by Gasteiger charge is 2.16. The summed E-state index contributed by atoms with van der Waals surface area (Å²) in [5, 5.41) is 3.30. The van der Waals surface area contributed by atoms with Gasteiger partial charge >= 0.3 is 0 Å². The number of nitrogens with one attached hydrogen (secondary N) is 1. The van der Waals surface area contributed by atoms with Gasteiger partial charge in [-0.25, -0.2) is 0 Å². The fraction of sp³-hybridized carbons (Fsp3) is 0.412. The summed E-state index contributed by atoms with van der Waals surface area (Å²) in [5.41, 5.74) is 2.55. The summed E-state index contributed by atoms with van der Waals surface area (Å²) >= 11 is 0. The Kier molecular flexibility index (Phi) is 4.99. The maximum absolute atomic E-state index is 5.82. The van der Waals surface area contributed by atoms with Gasteiger partial charge in [0.2, 0.25) is 0 Å². The first-order chi connectivity index (χ1) is 9.65. The number of hydrogen-bond donors (Lipinski definition) is 1. The largest absolute Gasteiger partial charge is 0.462 e. The Labute approximate surface area is 121 Å². The molecule has 3 nitrogen and oxygen atoms in total. The van der Waals surface area contributed by atoms with E-state index in [4.69, 9.17) is 9.15 Å². The number of methoxy groups -OCH3 is 1. The van der Waals surface area contributed by atoms with Crippen molar-refractivity contribution in [3.8, 4) is 0 Å². The number of furan rings is 1. The van der Waals surface area contributed by atoms with E-state index in [1.807, 2.05) is 19.2 Å². The second-order valence-corrected chi connectivity index (χ2v) is 5.28. The molecule has 0 radical (unpaired) electrons. The second-order valence-electron chi connectivity index (χ2n) is 5.28. The highest BCUT2D eigenvalue weighted by atomic mass is 16.5. The van der Waals surface area contributed by atoms with Crippen molar-refractivity contribution in [2.75, 3.05) is 14.2 Å². The molecule has 0 saturated heterocycles. The molecular weight excluding hydrogens is 250 g/mol. The SMILES string of the molecule is CNC(c1ccc(C(C)C)cc1)c1ccc(COC)o1. The molecule has 2 aromatic rings. The van der Waals surface area contributed by atoms with Crippen LogP contribution in [0.5, 0.6) is 0 Å². The van der Waals surface area contributed by atoms with E-state index >= 15 is 0 Å². The van der Waals surface area contributed by atoms with Gasteiger partial charge < -0.3 is 14.5 Å². The molecule has 0 fully saturated rings. The summed E-state index contributed by atoms with van der Waals surface area (Å²) in [6, 6.07) is 12.7. The summed E-state index contributed by atoms with van der Waals surface area (Å²) in [4.78, 5) is 0. The summed E-state index contributed by atoms with van der Waals surface area (Å²) in [7, 11) is 3.61. The van der Waals surface area contributed by atoms with Crippen LogP contribution in [0.15, 0.2) is 40.8 Å². The zero-order valence-corrected chi connectivity index (χ0v) is 12.6. The lowest BCUT2D eigenvalue weighted by atomic mass is 9.98. The lowest BCUT2D eigenvalue weighted by Gasteiger charge is -2.15. The van der Waals surface area contributed by atoms with Crippen LogP contribution in [-0.2, 0) is 11.3 Å². The smallest absolute Gasteiger partial charge is 0.129 e. The molecule has 0 aliphatic carbocycles. The highest BCUT2D eigenvalue weighted by Crippen LogP contribution is 2.25. The van der Waals surface area contributed by atoms with Crippen LogP contribution in [0.2, 0.25) is 0 Å². The first-order valence-electron chi connectivity index (χ1n) is 7.00. The van der Waals surface area contributed by atoms with Gasteiger partial charge in [-0.05, 0) is 36.2 Å². The molecular formula is C17H23NO2. The van der Waals surface area contributed by atoms with Crippen LogP contribution in [0, 0.1) is 0 Å². The maximum atomic E-state index is 5.82. The third-order valence-electron chi connectivity index (χ3n) is 3.48. The molecule has 20 heavy (non-hydrogen) atoms. The standard InChI is InChI=1S/C17H23NO2/c1-12(2)13-5-7-14(8-6-13)17(18-3)16-10-9-15(20-16)11-19-4/h5-10,12,17-18H,11H2,1-4H3. The molecule has 0 aliphatic heterocycles. The Balaban J connectivity index is 2.22. The van der Waals surface area contributed by atoms with Crippen LogP contribution < -0.4 is 5.32 Å². The average molecular weight is 273 g/mol. The van der Waals surface area contributed by atoms with Crippen molar-refractivity contribution < 1.29 is 9.15 Å². The van der Waals surface area contributed by atoms with Gasteiger partial charge in [0.15, 0.2) is 0 Å². The molecule has 1 aromatic heterocycles. The van der Waals surface area contributed by atoms with E-state index in [1.165, 1.54) is 11.1 Å². The quantitative estimate of drug-likeness (QED) is 0.868. The number of benzene rings is 1. The van der Waals surface area contributed by atoms with E-state index in [-0.39, 0.29) is 6.04 Å². The Hall–Kier alpha value is -1.58. The van der Waals surface area contributed by atoms with Gasteiger partial charge in [0, 0.05) is 7.11 Å². The summed E-state index contributed by atoms with van der Waals surface area (Å²) in [5.74, 6) is 2.31. The molecule has 0 amide bonds. The molecule has 2 rings (SSSR count). The van der Waals surface area contributed by atoms with Gasteiger partial charge in [-0.2, -0.15) is 0 Å². The van der Waals surface area contributed by atoms with E-state index in [2.05, 4.69) is 43.4 Å². The fourth-order valence-electron chi connectivity index (χ4n) is 2.32. The molecule has 1 unspecified atom stereocenters. The molecule has 0 saturated carbocycles. The van der Waals surface area contributed by atoms with Crippen molar-refractivity contribution in [3.63, 3.8) is 0 Å². The van der Waals surface area contributed by atoms with E-state index in [1.54, 1.807) is 7.11 Å². The van der Waals surface area contributed by atoms with Crippen molar-refractivity contribution in [3.05, 3.63) is 59.0 Å². The fourth-order valence-corrected chi connectivity index (χ4v) is 2.32. The van der Waals surface area contributed by atoms with Crippen LogP contribution >= 0.6 is 0 Å². The number of ether oxygens (including phenoxy) is 1. The molecule has 0 aliphatic rings. The summed E-state index contributed by atoms with van der Waals surface area (Å²) in [6.45, 7) is 4.91. The van der Waals surface area contributed by atoms with Crippen molar-refractivity contribution in [2.24, 2.45) is 0 Å². The molecule has 1 aromatic carbocycles. The topological polar surface area (TPSA) is 34.4 Å². The maximum Gasteiger partial charge on any atom is 0.129 e. The van der Waals surface area contributed by atoms with Crippen LogP contribution in [0.25, 0.3) is 0 Å². The van der Waals surface area contributed by atoms with E-state index in [0.717, 1.165) is 11.5 Å². The molecule has 0 bridgehead atoms. The normalized spacial score (nSPS) is 12.8. The van der Waals surface area contributed by atoms with Crippen LogP contribution in [-0.4, -0.2) is 14.2 Å². The van der Waals surface area contributed by atoms with E-state index < -0.39 is 0 Å². The lowest BCUT2D eigenvalue weighted by molar-refractivity contribution is 0.162. The molecule has 1 atom stereocenters. The van der Waals surface area contributed by atoms with Crippen LogP contribution in [0.1, 0.15) is 48.5 Å². The third-order valence-corrected chi connectivity index (χ3v) is 3.48. The molecule has 108 valence electrons. The summed E-state index contributed by atoms with van der Waals surface area (Å²) in [6.07, 6.45) is 0. The molecule has 1 heterocycles. The van der Waals surface area contributed by atoms with Crippen molar-refractivity contribution in [2.45, 2.75) is 32.4 Å². The number of hydrogen-bond acceptors (Lipinski definition) is 3. The van der Waals surface area contributed by atoms with Gasteiger partial charge in [-0.1, -0.05) is 38.1 Å². The Morgan fingerprint density at radius 2 is 1.70 bits per heavy atom. The Morgan fingerprint density at radius 1 is 1.05 bits per heavy atom. The lowest BCUT2D eigenvalue weighted by Crippen LogP contribution is -2.17. The van der Waals surface area contributed by atoms with Gasteiger partial charge in [0.25, 0.3) is 0 Å². The average Bonchev–Trinajstić information content (AvgIpc) is 2.89. The molecule has 3 heteroatoms. The highest BCUT2D eigenvalue weighted by molar-refractivity contribution is 5.31. The summed E-state index contributed by atoms with van der Waals surface area (Å²) < 4.78 is 10.9. The van der Waals surface area contributed by atoms with Crippen LogP contribution in [0.4, 0.5) is 0 Å². The first kappa shape index (κ1) is 14.8. The minimum absolute atomic E-state index is 0.0711. The monoisotopic (exact) mass is 273 g/mol. The Morgan fingerprint density at radius 3 is 2.25 bits per heavy atom. The minimum atomic E-state index is 0.0711. The zero-order chi connectivity index (χ0) is 14.5. The van der Waals surface area contributed by atoms with Crippen molar-refractivity contribution >= 4 is 0 Å². The predicted octanol–water partition coefficient (Wildman–Crippen LogP) is 3.86. The van der Waals surface area contributed by atoms with E-state index in [0.29, 0.717) is 12.5 Å². The van der Waals surface area contributed by atoms with Gasteiger partial charge in [0.05, 0.1) is 6.04 Å². The molecule has 1 N–H and O–H groups in total. The third kappa shape index (κ3) is 3.30. The van der Waals surface area contributed by atoms with E-state index in [9.17, 15) is 0 Å². The van der Waals surface area contributed by atoms with Crippen molar-refractivity contribution in [1.29, 1.82) is 0 Å². The predicted molar refractivity (Wildman–Crippen MR) is 80.9 cm³/mol. The number of rotatable bonds is 6. The molecule has 0 spiro atoms. The Bertz CT molecular complexity index is 528. The second kappa shape index (κ2) is 6.73. The van der Waals surface area contributed by atoms with Gasteiger partial charge in [0.1, 0.15) is 18.1 Å². The van der Waals surface area contributed by atoms with Crippen LogP contribution in [0.3, 0.4) is 0 Å². The van der Waals surface area contributed by atoms with Gasteiger partial charge in [-0.15, -0.1) is 0 Å². The zero-order valence-electron chi connectivity index (χ0n) is 12.6. The van der Waals surface area contributed by atoms with Crippen molar-refractivity contribution in [1.82, 2.24) is 5.32 Å².